The SMILES string of the molecule is CCOc1ccc(N(C(=O)OC(C)(C)C)c2c(C(CCC(C)(C)C)O[SiH](C)C)c(N[C@H]3CCCN(C(=O)O)C3)nc3ccnn23)cc1. The van der Waals surface area contributed by atoms with Crippen molar-refractivity contribution in [3.05, 3.63) is 42.1 Å². The highest BCUT2D eigenvalue weighted by molar-refractivity contribution is 6.48. The van der Waals surface area contributed by atoms with E-state index in [4.69, 9.17) is 18.9 Å². The van der Waals surface area contributed by atoms with Crippen molar-refractivity contribution in [3.8, 4) is 5.75 Å². The fraction of sp³-hybridized carbons (Fsp3) is 0.588. The van der Waals surface area contributed by atoms with E-state index in [-0.39, 0.29) is 11.5 Å². The Kier molecular flexibility index (Phi) is 11.4. The molecule has 3 heterocycles. The number of aromatic nitrogens is 3. The number of nitrogens with one attached hydrogen (secondary N) is 1. The summed E-state index contributed by atoms with van der Waals surface area (Å²) in [6.45, 7) is 19.6. The van der Waals surface area contributed by atoms with Crippen LogP contribution in [-0.2, 0) is 9.16 Å². The Bertz CT molecular complexity index is 1510. The molecule has 1 fully saturated rings. The number of rotatable bonds is 11. The number of benzene rings is 1. The number of hydrogen-bond donors (Lipinski definition) is 2. The van der Waals surface area contributed by atoms with Gasteiger partial charge in [0.2, 0.25) is 0 Å². The lowest BCUT2D eigenvalue weighted by molar-refractivity contribution is 0.0596. The summed E-state index contributed by atoms with van der Waals surface area (Å²) in [5, 5.41) is 18.0. The van der Waals surface area contributed by atoms with Gasteiger partial charge in [-0.2, -0.15) is 9.61 Å². The van der Waals surface area contributed by atoms with Crippen molar-refractivity contribution in [2.24, 2.45) is 5.41 Å². The zero-order valence-electron chi connectivity index (χ0n) is 29.4. The van der Waals surface area contributed by atoms with Gasteiger partial charge in [0.15, 0.2) is 20.5 Å². The molecule has 0 bridgehead atoms. The molecule has 13 heteroatoms. The molecule has 3 aromatic rings. The van der Waals surface area contributed by atoms with Crippen LogP contribution in [0.2, 0.25) is 13.1 Å². The van der Waals surface area contributed by atoms with E-state index in [9.17, 15) is 14.7 Å². The molecule has 1 aliphatic heterocycles. The molecular formula is C34H52N6O6Si. The minimum Gasteiger partial charge on any atom is -0.494 e. The van der Waals surface area contributed by atoms with E-state index in [1.807, 2.05) is 52.0 Å². The predicted molar refractivity (Wildman–Crippen MR) is 187 cm³/mol. The van der Waals surface area contributed by atoms with Gasteiger partial charge in [0.25, 0.3) is 0 Å². The number of nitrogens with zero attached hydrogens (tertiary/aromatic N) is 5. The third kappa shape index (κ3) is 9.60. The van der Waals surface area contributed by atoms with Crippen molar-refractivity contribution in [1.82, 2.24) is 19.5 Å². The molecular weight excluding hydrogens is 616 g/mol. The van der Waals surface area contributed by atoms with Gasteiger partial charge < -0.3 is 29.2 Å². The maximum atomic E-state index is 14.4. The van der Waals surface area contributed by atoms with Crippen LogP contribution in [0.1, 0.15) is 85.8 Å². The van der Waals surface area contributed by atoms with Crippen LogP contribution < -0.4 is 15.0 Å². The fourth-order valence-corrected chi connectivity index (χ4v) is 6.60. The quantitative estimate of drug-likeness (QED) is 0.198. The third-order valence-electron chi connectivity index (χ3n) is 7.69. The number of hydrogen-bond acceptors (Lipinski definition) is 8. The molecule has 0 saturated carbocycles. The van der Waals surface area contributed by atoms with Gasteiger partial charge in [0.1, 0.15) is 17.2 Å². The molecule has 2 N–H and O–H groups in total. The number of amides is 2. The minimum atomic E-state index is -1.64. The van der Waals surface area contributed by atoms with Crippen LogP contribution in [0.5, 0.6) is 5.75 Å². The van der Waals surface area contributed by atoms with Gasteiger partial charge in [-0.15, -0.1) is 0 Å². The summed E-state index contributed by atoms with van der Waals surface area (Å²) in [5.41, 5.74) is 0.992. The summed E-state index contributed by atoms with van der Waals surface area (Å²) in [6.07, 6.45) is 2.70. The van der Waals surface area contributed by atoms with Gasteiger partial charge in [-0.1, -0.05) is 20.8 Å². The van der Waals surface area contributed by atoms with Gasteiger partial charge in [0, 0.05) is 25.2 Å². The average Bonchev–Trinajstić information content (AvgIpc) is 3.43. The number of piperidine rings is 1. The van der Waals surface area contributed by atoms with Crippen LogP contribution in [0.15, 0.2) is 36.5 Å². The number of anilines is 3. The molecule has 1 aliphatic rings. The first kappa shape index (κ1) is 36.0. The molecule has 4 rings (SSSR count). The standard InChI is InChI=1S/C34H52N6O6Si/c1-10-44-25-15-13-24(14-16-25)39(32(43)45-34(5,6)7)30-28(26(46-47(8)9)17-19-33(2,3)4)29(37-27-18-20-35-40(27)30)36-23-12-11-21-38(22-23)31(41)42/h13-16,18,20,23,26,47H,10-12,17,19,21-22H2,1-9H3,(H,36,37)(H,41,42)/t23-,26?/m0/s1. The molecule has 258 valence electrons. The highest BCUT2D eigenvalue weighted by Gasteiger charge is 2.36. The Labute approximate surface area is 280 Å². The number of ether oxygens (including phenoxy) is 2. The van der Waals surface area contributed by atoms with Gasteiger partial charge in [-0.25, -0.2) is 19.5 Å². The molecule has 47 heavy (non-hydrogen) atoms. The normalized spacial score (nSPS) is 16.3. The second kappa shape index (κ2) is 14.9. The molecule has 2 aromatic heterocycles. The molecule has 2 atom stereocenters. The van der Waals surface area contributed by atoms with Crippen molar-refractivity contribution in [1.29, 1.82) is 0 Å². The van der Waals surface area contributed by atoms with Gasteiger partial charge in [-0.3, -0.25) is 0 Å². The molecule has 1 unspecified atom stereocenters. The third-order valence-corrected chi connectivity index (χ3v) is 8.56. The number of fused-ring (bicyclic) bond motifs is 1. The van der Waals surface area contributed by atoms with E-state index in [1.54, 1.807) is 21.7 Å². The van der Waals surface area contributed by atoms with Crippen molar-refractivity contribution >= 4 is 44.2 Å². The first-order valence-electron chi connectivity index (χ1n) is 16.6. The molecule has 0 spiro atoms. The lowest BCUT2D eigenvalue weighted by Gasteiger charge is -2.35. The molecule has 0 radical (unpaired) electrons. The monoisotopic (exact) mass is 668 g/mol. The maximum absolute atomic E-state index is 14.4. The Morgan fingerprint density at radius 3 is 2.43 bits per heavy atom. The Balaban J connectivity index is 2.01. The van der Waals surface area contributed by atoms with Crippen LogP contribution in [0.3, 0.4) is 0 Å². The lowest BCUT2D eigenvalue weighted by Crippen LogP contribution is -2.45. The highest BCUT2D eigenvalue weighted by Crippen LogP contribution is 2.43. The first-order chi connectivity index (χ1) is 22.1. The Hall–Kier alpha value is -3.84. The number of carboxylic acid groups (broad SMARTS) is 1. The molecule has 1 aromatic carbocycles. The van der Waals surface area contributed by atoms with Crippen LogP contribution in [-0.4, -0.2) is 77.2 Å². The molecule has 12 nitrogen and oxygen atoms in total. The zero-order chi connectivity index (χ0) is 34.5. The number of carbonyl (C=O) groups excluding carboxylic acids is 1. The van der Waals surface area contributed by atoms with Crippen molar-refractivity contribution in [2.45, 2.75) is 105 Å². The van der Waals surface area contributed by atoms with E-state index in [2.05, 4.69) is 44.3 Å². The average molecular weight is 669 g/mol. The fourth-order valence-electron chi connectivity index (χ4n) is 5.68. The van der Waals surface area contributed by atoms with Crippen LogP contribution in [0.25, 0.3) is 5.65 Å². The maximum Gasteiger partial charge on any atom is 0.420 e. The van der Waals surface area contributed by atoms with Crippen LogP contribution in [0.4, 0.5) is 26.9 Å². The minimum absolute atomic E-state index is 0.0163. The van der Waals surface area contributed by atoms with Crippen LogP contribution >= 0.6 is 0 Å². The second-order valence-electron chi connectivity index (χ2n) is 14.5. The summed E-state index contributed by atoms with van der Waals surface area (Å²) >= 11 is 0. The predicted octanol–water partition coefficient (Wildman–Crippen LogP) is 7.62. The summed E-state index contributed by atoms with van der Waals surface area (Å²) in [7, 11) is -1.64. The number of likely N-dealkylation sites (tertiary alicyclic amines) is 1. The molecule has 2 amide bonds. The summed E-state index contributed by atoms with van der Waals surface area (Å²) in [4.78, 5) is 34.3. The van der Waals surface area contributed by atoms with Gasteiger partial charge in [0.05, 0.1) is 30.2 Å². The van der Waals surface area contributed by atoms with E-state index >= 15 is 0 Å². The lowest BCUT2D eigenvalue weighted by atomic mass is 9.88. The van der Waals surface area contributed by atoms with E-state index in [0.717, 1.165) is 19.3 Å². The van der Waals surface area contributed by atoms with Crippen molar-refractivity contribution in [3.63, 3.8) is 0 Å². The first-order valence-corrected chi connectivity index (χ1v) is 19.4. The smallest absolute Gasteiger partial charge is 0.420 e. The van der Waals surface area contributed by atoms with Crippen LogP contribution in [0, 0.1) is 5.41 Å². The second-order valence-corrected chi connectivity index (χ2v) is 16.9. The number of carbonyl (C=O) groups is 2. The van der Waals surface area contributed by atoms with Crippen molar-refractivity contribution in [2.75, 3.05) is 29.9 Å². The zero-order valence-corrected chi connectivity index (χ0v) is 30.5. The van der Waals surface area contributed by atoms with E-state index in [1.165, 1.54) is 4.90 Å². The summed E-state index contributed by atoms with van der Waals surface area (Å²) in [6, 6.07) is 8.91. The Morgan fingerprint density at radius 1 is 1.13 bits per heavy atom. The van der Waals surface area contributed by atoms with Crippen molar-refractivity contribution < 1.29 is 28.6 Å². The van der Waals surface area contributed by atoms with E-state index < -0.39 is 32.9 Å². The van der Waals surface area contributed by atoms with Gasteiger partial charge in [-0.05, 0) is 96.2 Å². The van der Waals surface area contributed by atoms with Gasteiger partial charge >= 0.3 is 12.2 Å². The Morgan fingerprint density at radius 2 is 1.83 bits per heavy atom. The molecule has 1 saturated heterocycles. The highest BCUT2D eigenvalue weighted by atomic mass is 28.3. The topological polar surface area (TPSA) is 131 Å². The summed E-state index contributed by atoms with van der Waals surface area (Å²) in [5.74, 6) is 1.68. The summed E-state index contributed by atoms with van der Waals surface area (Å²) < 4.78 is 20.2. The van der Waals surface area contributed by atoms with E-state index in [0.29, 0.717) is 60.4 Å². The molecule has 0 aliphatic carbocycles. The largest absolute Gasteiger partial charge is 0.494 e.